The van der Waals surface area contributed by atoms with Gasteiger partial charge in [-0.1, -0.05) is 5.16 Å². The number of ether oxygens (including phenoxy) is 1. The molecule has 0 spiro atoms. The number of oxime groups is 1. The predicted molar refractivity (Wildman–Crippen MR) is 77.3 cm³/mol. The van der Waals surface area contributed by atoms with E-state index in [0.717, 1.165) is 12.8 Å². The molecule has 0 radical (unpaired) electrons. The van der Waals surface area contributed by atoms with Crippen LogP contribution >= 0.6 is 0 Å². The Kier molecular flexibility index (Phi) is 4.42. The number of amides is 1. The van der Waals surface area contributed by atoms with E-state index in [1.54, 1.807) is 24.1 Å². The maximum Gasteiger partial charge on any atom is 0.272 e. The molecule has 21 heavy (non-hydrogen) atoms. The summed E-state index contributed by atoms with van der Waals surface area (Å²) in [6.07, 6.45) is 3.25. The normalized spacial score (nSPS) is 23.1. The zero-order chi connectivity index (χ0) is 15.5. The lowest BCUT2D eigenvalue weighted by Crippen LogP contribution is -2.49. The summed E-state index contributed by atoms with van der Waals surface area (Å²) in [7, 11) is 1.66. The quantitative estimate of drug-likeness (QED) is 0.372. The van der Waals surface area contributed by atoms with Crippen LogP contribution in [-0.4, -0.2) is 52.6 Å². The predicted octanol–water partition coefficient (Wildman–Crippen LogP) is 0.817. The van der Waals surface area contributed by atoms with Crippen LogP contribution in [0.25, 0.3) is 0 Å². The topological polar surface area (TPSA) is 101 Å². The van der Waals surface area contributed by atoms with Crippen LogP contribution in [-0.2, 0) is 4.74 Å². The summed E-state index contributed by atoms with van der Waals surface area (Å²) < 4.78 is 5.49. The van der Waals surface area contributed by atoms with Gasteiger partial charge >= 0.3 is 0 Å². The summed E-state index contributed by atoms with van der Waals surface area (Å²) in [6.45, 7) is 3.24. The number of carbonyl (C=O) groups excluding carboxylic acids is 1. The van der Waals surface area contributed by atoms with E-state index in [1.165, 1.54) is 6.20 Å². The number of carbonyl (C=O) groups is 1. The van der Waals surface area contributed by atoms with Crippen LogP contribution in [0, 0.1) is 0 Å². The molecule has 2 heterocycles. The number of amidine groups is 1. The minimum atomic E-state index is -0.304. The van der Waals surface area contributed by atoms with Gasteiger partial charge in [0.2, 0.25) is 0 Å². The van der Waals surface area contributed by atoms with Crippen molar-refractivity contribution in [1.29, 1.82) is 0 Å². The highest BCUT2D eigenvalue weighted by Gasteiger charge is 2.33. The Labute approximate surface area is 123 Å². The fraction of sp³-hybridized carbons (Fsp3) is 0.500. The van der Waals surface area contributed by atoms with Crippen LogP contribution < -0.4 is 5.73 Å². The smallest absolute Gasteiger partial charge is 0.272 e. The number of nitrogens with zero attached hydrogens (tertiary/aromatic N) is 3. The first-order valence-electron chi connectivity index (χ1n) is 6.77. The Morgan fingerprint density at radius 2 is 2.33 bits per heavy atom. The minimum absolute atomic E-state index is 0.0357. The molecule has 7 heteroatoms. The van der Waals surface area contributed by atoms with Gasteiger partial charge in [-0.05, 0) is 31.9 Å². The van der Waals surface area contributed by atoms with Gasteiger partial charge in [0.15, 0.2) is 5.84 Å². The van der Waals surface area contributed by atoms with Gasteiger partial charge < -0.3 is 20.6 Å². The summed E-state index contributed by atoms with van der Waals surface area (Å²) in [5.74, 6) is -0.171. The monoisotopic (exact) mass is 292 g/mol. The van der Waals surface area contributed by atoms with Gasteiger partial charge in [0.1, 0.15) is 5.69 Å². The van der Waals surface area contributed by atoms with E-state index >= 15 is 0 Å². The van der Waals surface area contributed by atoms with E-state index in [4.69, 9.17) is 15.7 Å². The minimum Gasteiger partial charge on any atom is -0.409 e. The zero-order valence-electron chi connectivity index (χ0n) is 12.2. The molecule has 1 saturated heterocycles. The Morgan fingerprint density at radius 1 is 1.57 bits per heavy atom. The average Bonchev–Trinajstić information content (AvgIpc) is 2.53. The molecule has 3 N–H and O–H groups in total. The summed E-state index contributed by atoms with van der Waals surface area (Å²) in [6, 6.07) is 3.18. The van der Waals surface area contributed by atoms with E-state index < -0.39 is 0 Å². The fourth-order valence-corrected chi connectivity index (χ4v) is 2.44. The number of likely N-dealkylation sites (tertiary alicyclic amines) is 1. The van der Waals surface area contributed by atoms with Crippen LogP contribution in [0.4, 0.5) is 0 Å². The number of nitrogens with two attached hydrogens (primary N) is 1. The lowest BCUT2D eigenvalue weighted by molar-refractivity contribution is -0.0441. The summed E-state index contributed by atoms with van der Waals surface area (Å²) in [4.78, 5) is 18.3. The first-order valence-corrected chi connectivity index (χ1v) is 6.77. The van der Waals surface area contributed by atoms with Gasteiger partial charge in [0.05, 0.1) is 5.60 Å². The Morgan fingerprint density at radius 3 is 2.90 bits per heavy atom. The van der Waals surface area contributed by atoms with Crippen LogP contribution in [0.5, 0.6) is 0 Å². The third kappa shape index (κ3) is 3.30. The second-order valence-corrected chi connectivity index (χ2v) is 5.40. The summed E-state index contributed by atoms with van der Waals surface area (Å²) in [5.41, 5.74) is 5.97. The molecular weight excluding hydrogens is 272 g/mol. The second kappa shape index (κ2) is 6.09. The van der Waals surface area contributed by atoms with E-state index in [-0.39, 0.29) is 17.3 Å². The van der Waals surface area contributed by atoms with Crippen LogP contribution in [0.2, 0.25) is 0 Å². The Hall–Kier alpha value is -2.15. The molecule has 1 unspecified atom stereocenters. The Bertz CT molecular complexity index is 544. The van der Waals surface area contributed by atoms with Crippen molar-refractivity contribution in [2.24, 2.45) is 10.9 Å². The summed E-state index contributed by atoms with van der Waals surface area (Å²) in [5, 5.41) is 11.5. The highest BCUT2D eigenvalue weighted by Crippen LogP contribution is 2.24. The number of aromatic nitrogens is 1. The average molecular weight is 292 g/mol. The number of rotatable bonds is 3. The standard InChI is InChI=1S/C14H20N4O3/c1-14(21-2)6-3-7-18(9-14)13(19)11-5-4-10(8-16-11)12(15)17-20/h4-5,8,20H,3,6-7,9H2,1-2H3,(H2,15,17). The number of methoxy groups -OCH3 is 1. The molecule has 1 amide bonds. The molecule has 2 rings (SSSR count). The van der Waals surface area contributed by atoms with E-state index in [1.807, 2.05) is 6.92 Å². The molecular formula is C14H20N4O3. The van der Waals surface area contributed by atoms with Crippen molar-refractivity contribution >= 4 is 11.7 Å². The molecule has 0 bridgehead atoms. The lowest BCUT2D eigenvalue weighted by atomic mass is 9.94. The third-order valence-corrected chi connectivity index (χ3v) is 3.83. The molecule has 1 aliphatic rings. The van der Waals surface area contributed by atoms with Gasteiger partial charge in [-0.3, -0.25) is 9.78 Å². The number of piperidine rings is 1. The molecule has 1 fully saturated rings. The SMILES string of the molecule is COC1(C)CCCN(C(=O)c2ccc(/C(N)=N/O)cn2)C1. The first kappa shape index (κ1) is 15.2. The highest BCUT2D eigenvalue weighted by atomic mass is 16.5. The lowest BCUT2D eigenvalue weighted by Gasteiger charge is -2.39. The maximum absolute atomic E-state index is 12.5. The van der Waals surface area contributed by atoms with Crippen molar-refractivity contribution in [3.05, 3.63) is 29.6 Å². The summed E-state index contributed by atoms with van der Waals surface area (Å²) >= 11 is 0. The second-order valence-electron chi connectivity index (χ2n) is 5.40. The zero-order valence-corrected chi connectivity index (χ0v) is 12.2. The van der Waals surface area contributed by atoms with E-state index in [0.29, 0.717) is 24.3 Å². The van der Waals surface area contributed by atoms with Crippen molar-refractivity contribution in [3.63, 3.8) is 0 Å². The molecule has 114 valence electrons. The van der Waals surface area contributed by atoms with Gasteiger partial charge in [-0.25, -0.2) is 0 Å². The van der Waals surface area contributed by atoms with E-state index in [9.17, 15) is 4.79 Å². The molecule has 1 aromatic heterocycles. The van der Waals surface area contributed by atoms with E-state index in [2.05, 4.69) is 10.1 Å². The molecule has 1 aliphatic heterocycles. The molecule has 1 atom stereocenters. The van der Waals surface area contributed by atoms with Gasteiger partial charge in [-0.15, -0.1) is 0 Å². The molecule has 0 saturated carbocycles. The van der Waals surface area contributed by atoms with Crippen molar-refractivity contribution in [3.8, 4) is 0 Å². The number of hydrogen-bond donors (Lipinski definition) is 2. The van der Waals surface area contributed by atoms with Crippen molar-refractivity contribution < 1.29 is 14.7 Å². The molecule has 1 aromatic rings. The number of pyridine rings is 1. The maximum atomic E-state index is 12.5. The largest absolute Gasteiger partial charge is 0.409 e. The molecule has 0 aromatic carbocycles. The van der Waals surface area contributed by atoms with Gasteiger partial charge in [-0.2, -0.15) is 0 Å². The number of hydrogen-bond acceptors (Lipinski definition) is 5. The third-order valence-electron chi connectivity index (χ3n) is 3.83. The molecule has 0 aliphatic carbocycles. The van der Waals surface area contributed by atoms with Gasteiger partial charge in [0, 0.05) is 32.0 Å². The Balaban J connectivity index is 2.13. The van der Waals surface area contributed by atoms with Crippen LogP contribution in [0.15, 0.2) is 23.5 Å². The van der Waals surface area contributed by atoms with Crippen LogP contribution in [0.1, 0.15) is 35.8 Å². The fourth-order valence-electron chi connectivity index (χ4n) is 2.44. The molecule has 7 nitrogen and oxygen atoms in total. The van der Waals surface area contributed by atoms with Crippen molar-refractivity contribution in [1.82, 2.24) is 9.88 Å². The van der Waals surface area contributed by atoms with Crippen molar-refractivity contribution in [2.45, 2.75) is 25.4 Å². The highest BCUT2D eigenvalue weighted by molar-refractivity contribution is 5.98. The van der Waals surface area contributed by atoms with Crippen molar-refractivity contribution in [2.75, 3.05) is 20.2 Å². The van der Waals surface area contributed by atoms with Gasteiger partial charge in [0.25, 0.3) is 5.91 Å². The van der Waals surface area contributed by atoms with Crippen LogP contribution in [0.3, 0.4) is 0 Å². The first-order chi connectivity index (χ1) is 9.99.